The van der Waals surface area contributed by atoms with Crippen LogP contribution in [-0.2, 0) is 0 Å². The zero-order valence-corrected chi connectivity index (χ0v) is 13.5. The predicted molar refractivity (Wildman–Crippen MR) is 92.7 cm³/mol. The quantitative estimate of drug-likeness (QED) is 0.833. The highest BCUT2D eigenvalue weighted by molar-refractivity contribution is 7.80. The summed E-state index contributed by atoms with van der Waals surface area (Å²) in [7, 11) is 0. The monoisotopic (exact) mass is 334 g/mol. The van der Waals surface area contributed by atoms with Crippen LogP contribution in [0.3, 0.4) is 0 Å². The fraction of sp³-hybridized carbons (Fsp3) is 0.125. The Morgan fingerprint density at radius 1 is 1.23 bits per heavy atom. The van der Waals surface area contributed by atoms with Crippen molar-refractivity contribution in [1.29, 1.82) is 0 Å². The summed E-state index contributed by atoms with van der Waals surface area (Å²) in [4.78, 5) is 12.2. The van der Waals surface area contributed by atoms with E-state index in [1.54, 1.807) is 36.4 Å². The molecule has 2 aromatic rings. The van der Waals surface area contributed by atoms with E-state index in [1.807, 2.05) is 19.1 Å². The van der Waals surface area contributed by atoms with E-state index < -0.39 is 0 Å². The Morgan fingerprint density at radius 2 is 2.00 bits per heavy atom. The Labute approximate surface area is 139 Å². The van der Waals surface area contributed by atoms with Crippen molar-refractivity contribution in [2.75, 3.05) is 11.9 Å². The van der Waals surface area contributed by atoms with Crippen LogP contribution < -0.4 is 15.4 Å². The maximum Gasteiger partial charge on any atom is 0.257 e. The van der Waals surface area contributed by atoms with Crippen LogP contribution in [0.25, 0.3) is 0 Å². The fourth-order valence-corrected chi connectivity index (χ4v) is 2.17. The van der Waals surface area contributed by atoms with Crippen LogP contribution in [0.15, 0.2) is 48.5 Å². The van der Waals surface area contributed by atoms with E-state index in [-0.39, 0.29) is 11.0 Å². The van der Waals surface area contributed by atoms with Gasteiger partial charge in [-0.3, -0.25) is 10.1 Å². The first kappa shape index (κ1) is 16.3. The Kier molecular flexibility index (Phi) is 5.75. The minimum Gasteiger partial charge on any atom is -0.494 e. The standard InChI is InChI=1S/C16H15ClN2O2S/c1-2-21-12-7-5-6-11(10-12)15(20)19-16(22)18-14-9-4-3-8-13(14)17/h3-10H,2H2,1H3,(H2,18,19,20,22). The molecule has 0 saturated heterocycles. The molecule has 114 valence electrons. The third-order valence-corrected chi connectivity index (χ3v) is 3.29. The average molecular weight is 335 g/mol. The zero-order valence-electron chi connectivity index (χ0n) is 11.9. The summed E-state index contributed by atoms with van der Waals surface area (Å²) in [6, 6.07) is 14.0. The number of rotatable bonds is 4. The largest absolute Gasteiger partial charge is 0.494 e. The summed E-state index contributed by atoms with van der Waals surface area (Å²) < 4.78 is 5.37. The van der Waals surface area contributed by atoms with Gasteiger partial charge in [-0.25, -0.2) is 0 Å². The molecule has 0 aliphatic rings. The van der Waals surface area contributed by atoms with Gasteiger partial charge in [-0.1, -0.05) is 29.8 Å². The highest BCUT2D eigenvalue weighted by Crippen LogP contribution is 2.20. The van der Waals surface area contributed by atoms with E-state index in [9.17, 15) is 4.79 Å². The van der Waals surface area contributed by atoms with Gasteiger partial charge in [0.1, 0.15) is 5.75 Å². The molecule has 0 aliphatic heterocycles. The smallest absolute Gasteiger partial charge is 0.257 e. The Bertz CT molecular complexity index is 691. The van der Waals surface area contributed by atoms with Gasteiger partial charge in [-0.2, -0.15) is 0 Å². The number of benzene rings is 2. The van der Waals surface area contributed by atoms with E-state index in [1.165, 1.54) is 0 Å². The van der Waals surface area contributed by atoms with E-state index in [4.69, 9.17) is 28.6 Å². The lowest BCUT2D eigenvalue weighted by atomic mass is 10.2. The number of anilines is 1. The second-order valence-corrected chi connectivity index (χ2v) is 5.16. The van der Waals surface area contributed by atoms with Crippen LogP contribution in [0.1, 0.15) is 17.3 Å². The Hall–Kier alpha value is -2.11. The molecule has 0 aliphatic carbocycles. The molecule has 0 spiro atoms. The lowest BCUT2D eigenvalue weighted by molar-refractivity contribution is 0.0977. The van der Waals surface area contributed by atoms with Crippen molar-refractivity contribution in [3.8, 4) is 5.75 Å². The predicted octanol–water partition coefficient (Wildman–Crippen LogP) is 3.87. The number of thiocarbonyl (C=S) groups is 1. The molecule has 0 aromatic heterocycles. The molecule has 0 heterocycles. The van der Waals surface area contributed by atoms with Gasteiger partial charge in [-0.15, -0.1) is 0 Å². The first-order valence-electron chi connectivity index (χ1n) is 6.70. The number of halogens is 1. The minimum atomic E-state index is -0.314. The molecule has 0 radical (unpaired) electrons. The van der Waals surface area contributed by atoms with E-state index in [0.29, 0.717) is 28.6 Å². The van der Waals surface area contributed by atoms with E-state index in [0.717, 1.165) is 0 Å². The summed E-state index contributed by atoms with van der Waals surface area (Å²) >= 11 is 11.1. The van der Waals surface area contributed by atoms with Crippen LogP contribution in [0.2, 0.25) is 5.02 Å². The van der Waals surface area contributed by atoms with Gasteiger partial charge in [-0.05, 0) is 49.5 Å². The molecule has 2 aromatic carbocycles. The molecule has 6 heteroatoms. The molecule has 4 nitrogen and oxygen atoms in total. The summed E-state index contributed by atoms with van der Waals surface area (Å²) in [5.74, 6) is 0.325. The molecule has 1 amide bonds. The van der Waals surface area contributed by atoms with Gasteiger partial charge in [0.05, 0.1) is 17.3 Å². The zero-order chi connectivity index (χ0) is 15.9. The molecule has 0 bridgehead atoms. The number of hydrogen-bond acceptors (Lipinski definition) is 3. The molecule has 0 atom stereocenters. The van der Waals surface area contributed by atoms with Gasteiger partial charge in [0, 0.05) is 5.56 Å². The summed E-state index contributed by atoms with van der Waals surface area (Å²) in [5, 5.41) is 6.20. The number of amides is 1. The van der Waals surface area contributed by atoms with Crippen molar-refractivity contribution in [2.45, 2.75) is 6.92 Å². The summed E-state index contributed by atoms with van der Waals surface area (Å²) in [6.07, 6.45) is 0. The first-order valence-corrected chi connectivity index (χ1v) is 7.48. The molecule has 2 rings (SSSR count). The maximum absolute atomic E-state index is 12.2. The molecule has 22 heavy (non-hydrogen) atoms. The van der Waals surface area contributed by atoms with Crippen molar-refractivity contribution in [2.24, 2.45) is 0 Å². The van der Waals surface area contributed by atoms with Crippen LogP contribution in [-0.4, -0.2) is 17.6 Å². The van der Waals surface area contributed by atoms with Crippen LogP contribution in [0, 0.1) is 0 Å². The van der Waals surface area contributed by atoms with Crippen molar-refractivity contribution in [3.63, 3.8) is 0 Å². The third kappa shape index (κ3) is 4.44. The first-order chi connectivity index (χ1) is 10.6. The lowest BCUT2D eigenvalue weighted by Gasteiger charge is -2.11. The topological polar surface area (TPSA) is 50.4 Å². The normalized spacial score (nSPS) is 9.91. The number of ether oxygens (including phenoxy) is 1. The van der Waals surface area contributed by atoms with Gasteiger partial charge >= 0.3 is 0 Å². The van der Waals surface area contributed by atoms with Crippen molar-refractivity contribution >= 4 is 40.5 Å². The van der Waals surface area contributed by atoms with Gasteiger partial charge in [0.15, 0.2) is 5.11 Å². The number of carbonyl (C=O) groups excluding carboxylic acids is 1. The number of carbonyl (C=O) groups is 1. The van der Waals surface area contributed by atoms with Crippen LogP contribution in [0.5, 0.6) is 5.75 Å². The minimum absolute atomic E-state index is 0.180. The highest BCUT2D eigenvalue weighted by atomic mass is 35.5. The van der Waals surface area contributed by atoms with Gasteiger partial charge in [0.2, 0.25) is 0 Å². The number of hydrogen-bond donors (Lipinski definition) is 2. The number of para-hydroxylation sites is 1. The molecule has 2 N–H and O–H groups in total. The Balaban J connectivity index is 2.01. The van der Waals surface area contributed by atoms with Crippen molar-refractivity contribution < 1.29 is 9.53 Å². The van der Waals surface area contributed by atoms with E-state index in [2.05, 4.69) is 10.6 Å². The molecular formula is C16H15ClN2O2S. The van der Waals surface area contributed by atoms with Crippen LogP contribution >= 0.6 is 23.8 Å². The summed E-state index contributed by atoms with van der Waals surface area (Å²) in [6.45, 7) is 2.42. The van der Waals surface area contributed by atoms with Crippen molar-refractivity contribution in [1.82, 2.24) is 5.32 Å². The Morgan fingerprint density at radius 3 is 2.73 bits per heavy atom. The van der Waals surface area contributed by atoms with Crippen LogP contribution in [0.4, 0.5) is 5.69 Å². The maximum atomic E-state index is 12.2. The molecular weight excluding hydrogens is 320 g/mol. The van der Waals surface area contributed by atoms with Gasteiger partial charge in [0.25, 0.3) is 5.91 Å². The second kappa shape index (κ2) is 7.77. The second-order valence-electron chi connectivity index (χ2n) is 4.35. The average Bonchev–Trinajstić information content (AvgIpc) is 2.50. The highest BCUT2D eigenvalue weighted by Gasteiger charge is 2.09. The van der Waals surface area contributed by atoms with Crippen molar-refractivity contribution in [3.05, 3.63) is 59.1 Å². The fourth-order valence-electron chi connectivity index (χ4n) is 1.79. The van der Waals surface area contributed by atoms with E-state index >= 15 is 0 Å². The molecule has 0 unspecified atom stereocenters. The third-order valence-electron chi connectivity index (χ3n) is 2.76. The number of nitrogens with one attached hydrogen (secondary N) is 2. The van der Waals surface area contributed by atoms with Gasteiger partial charge < -0.3 is 10.1 Å². The SMILES string of the molecule is CCOc1cccc(C(=O)NC(=S)Nc2ccccc2Cl)c1. The lowest BCUT2D eigenvalue weighted by Crippen LogP contribution is -2.34. The molecule has 0 saturated carbocycles. The summed E-state index contributed by atoms with van der Waals surface area (Å²) in [5.41, 5.74) is 1.10. The molecule has 0 fully saturated rings.